The van der Waals surface area contributed by atoms with Crippen LogP contribution in [0.4, 0.5) is 10.5 Å². The molecule has 0 bridgehead atoms. The van der Waals surface area contributed by atoms with Crippen molar-refractivity contribution in [1.29, 1.82) is 0 Å². The molecule has 0 aliphatic carbocycles. The maximum absolute atomic E-state index is 12.4. The zero-order valence-electron chi connectivity index (χ0n) is 15.3. The van der Waals surface area contributed by atoms with Crippen LogP contribution in [0, 0.1) is 0 Å². The second kappa shape index (κ2) is 9.38. The average Bonchev–Trinajstić information content (AvgIpc) is 3.24. The van der Waals surface area contributed by atoms with Crippen LogP contribution in [0.1, 0.15) is 10.4 Å². The van der Waals surface area contributed by atoms with Gasteiger partial charge < -0.3 is 20.3 Å². The number of piperazine rings is 1. The van der Waals surface area contributed by atoms with Gasteiger partial charge in [0.25, 0.3) is 5.91 Å². The highest BCUT2D eigenvalue weighted by molar-refractivity contribution is 7.08. The molecule has 1 fully saturated rings. The summed E-state index contributed by atoms with van der Waals surface area (Å²) in [7, 11) is 1.61. The second-order valence-corrected chi connectivity index (χ2v) is 7.04. The molecule has 2 heterocycles. The SMILES string of the molecule is COc1ccc(NC(=O)N2CCN(CCNC(=O)c3ccsc3)CC2)cc1. The minimum absolute atomic E-state index is 0.0336. The number of benzene rings is 1. The van der Waals surface area contributed by atoms with E-state index in [4.69, 9.17) is 4.74 Å². The van der Waals surface area contributed by atoms with Gasteiger partial charge in [0, 0.05) is 55.9 Å². The molecule has 0 spiro atoms. The summed E-state index contributed by atoms with van der Waals surface area (Å²) in [6.07, 6.45) is 0. The van der Waals surface area contributed by atoms with Gasteiger partial charge in [0.1, 0.15) is 5.75 Å². The molecule has 3 rings (SSSR count). The summed E-state index contributed by atoms with van der Waals surface area (Å²) in [6, 6.07) is 9.01. The number of hydrogen-bond donors (Lipinski definition) is 2. The van der Waals surface area contributed by atoms with Gasteiger partial charge in [-0.3, -0.25) is 9.69 Å². The van der Waals surface area contributed by atoms with Gasteiger partial charge >= 0.3 is 6.03 Å². The number of nitrogens with one attached hydrogen (secondary N) is 2. The van der Waals surface area contributed by atoms with Crippen molar-refractivity contribution >= 4 is 29.0 Å². The van der Waals surface area contributed by atoms with Crippen molar-refractivity contribution in [1.82, 2.24) is 15.1 Å². The molecule has 8 heteroatoms. The summed E-state index contributed by atoms with van der Waals surface area (Å²) in [5, 5.41) is 9.58. The monoisotopic (exact) mass is 388 g/mol. The summed E-state index contributed by atoms with van der Waals surface area (Å²) in [5.74, 6) is 0.724. The summed E-state index contributed by atoms with van der Waals surface area (Å²) < 4.78 is 5.12. The number of methoxy groups -OCH3 is 1. The van der Waals surface area contributed by atoms with Crippen LogP contribution in [0.2, 0.25) is 0 Å². The molecule has 7 nitrogen and oxygen atoms in total. The Balaban J connectivity index is 1.36. The second-order valence-electron chi connectivity index (χ2n) is 6.26. The lowest BCUT2D eigenvalue weighted by Gasteiger charge is -2.34. The number of rotatable bonds is 6. The molecule has 0 atom stereocenters. The van der Waals surface area contributed by atoms with Gasteiger partial charge in [0.05, 0.1) is 7.11 Å². The van der Waals surface area contributed by atoms with Gasteiger partial charge in [-0.25, -0.2) is 4.79 Å². The van der Waals surface area contributed by atoms with E-state index in [1.54, 1.807) is 7.11 Å². The molecule has 2 N–H and O–H groups in total. The Morgan fingerprint density at radius 1 is 1.11 bits per heavy atom. The van der Waals surface area contributed by atoms with Crippen LogP contribution in [-0.4, -0.2) is 68.1 Å². The third kappa shape index (κ3) is 5.45. The lowest BCUT2D eigenvalue weighted by atomic mass is 10.3. The highest BCUT2D eigenvalue weighted by Gasteiger charge is 2.21. The van der Waals surface area contributed by atoms with Crippen molar-refractivity contribution in [2.45, 2.75) is 0 Å². The Hall–Kier alpha value is -2.58. The average molecular weight is 388 g/mol. The maximum Gasteiger partial charge on any atom is 0.321 e. The number of carbonyl (C=O) groups is 2. The largest absolute Gasteiger partial charge is 0.497 e. The molecule has 0 unspecified atom stereocenters. The summed E-state index contributed by atoms with van der Waals surface area (Å²) in [6.45, 7) is 4.31. The smallest absolute Gasteiger partial charge is 0.321 e. The Morgan fingerprint density at radius 2 is 1.85 bits per heavy atom. The fraction of sp³-hybridized carbons (Fsp3) is 0.368. The van der Waals surface area contributed by atoms with Crippen molar-refractivity contribution in [2.75, 3.05) is 51.7 Å². The maximum atomic E-state index is 12.4. The molecule has 1 aliphatic heterocycles. The molecule has 144 valence electrons. The topological polar surface area (TPSA) is 73.9 Å². The van der Waals surface area contributed by atoms with Crippen LogP contribution in [0.5, 0.6) is 5.75 Å². The van der Waals surface area contributed by atoms with Crippen LogP contribution in [0.3, 0.4) is 0 Å². The number of urea groups is 1. The molecule has 2 aromatic rings. The van der Waals surface area contributed by atoms with Crippen molar-refractivity contribution in [3.63, 3.8) is 0 Å². The quantitative estimate of drug-likeness (QED) is 0.797. The highest BCUT2D eigenvalue weighted by Crippen LogP contribution is 2.15. The highest BCUT2D eigenvalue weighted by atomic mass is 32.1. The minimum Gasteiger partial charge on any atom is -0.497 e. The molecule has 0 saturated carbocycles. The Bertz CT molecular complexity index is 741. The molecule has 1 aromatic heterocycles. The number of ether oxygens (including phenoxy) is 1. The molecule has 1 saturated heterocycles. The first-order chi connectivity index (χ1) is 13.2. The van der Waals surface area contributed by atoms with Crippen LogP contribution in [-0.2, 0) is 0 Å². The van der Waals surface area contributed by atoms with Gasteiger partial charge in [-0.05, 0) is 35.7 Å². The van der Waals surface area contributed by atoms with Crippen molar-refractivity contribution in [2.24, 2.45) is 0 Å². The molecule has 3 amide bonds. The summed E-state index contributed by atoms with van der Waals surface area (Å²) >= 11 is 1.51. The first kappa shape index (κ1) is 19.2. The third-order valence-corrected chi connectivity index (χ3v) is 5.18. The van der Waals surface area contributed by atoms with Gasteiger partial charge in [0.2, 0.25) is 0 Å². The predicted octanol–water partition coefficient (Wildman–Crippen LogP) is 2.34. The van der Waals surface area contributed by atoms with E-state index in [1.165, 1.54) is 11.3 Å². The zero-order chi connectivity index (χ0) is 19.1. The fourth-order valence-electron chi connectivity index (χ4n) is 2.87. The van der Waals surface area contributed by atoms with Gasteiger partial charge in [-0.1, -0.05) is 0 Å². The van der Waals surface area contributed by atoms with E-state index >= 15 is 0 Å². The molecule has 1 aromatic carbocycles. The van der Waals surface area contributed by atoms with E-state index in [9.17, 15) is 9.59 Å². The van der Waals surface area contributed by atoms with E-state index in [1.807, 2.05) is 46.0 Å². The lowest BCUT2D eigenvalue weighted by Crippen LogP contribution is -2.51. The standard InChI is InChI=1S/C19H24N4O3S/c1-26-17-4-2-16(3-5-17)21-19(25)23-11-9-22(10-12-23)8-7-20-18(24)15-6-13-27-14-15/h2-6,13-14H,7-12H2,1H3,(H,20,24)(H,21,25). The fourth-order valence-corrected chi connectivity index (χ4v) is 3.51. The number of anilines is 1. The van der Waals surface area contributed by atoms with Crippen LogP contribution >= 0.6 is 11.3 Å². The summed E-state index contributed by atoms with van der Waals surface area (Å²) in [5.41, 5.74) is 1.46. The number of thiophene rings is 1. The number of carbonyl (C=O) groups excluding carboxylic acids is 2. The van der Waals surface area contributed by atoms with E-state index in [-0.39, 0.29) is 11.9 Å². The zero-order valence-corrected chi connectivity index (χ0v) is 16.1. The Kier molecular flexibility index (Phi) is 6.67. The number of amides is 3. The summed E-state index contributed by atoms with van der Waals surface area (Å²) in [4.78, 5) is 28.3. The number of hydrogen-bond acceptors (Lipinski definition) is 5. The first-order valence-electron chi connectivity index (χ1n) is 8.88. The Labute approximate surface area is 162 Å². The molecule has 1 aliphatic rings. The van der Waals surface area contributed by atoms with E-state index in [0.717, 1.165) is 31.1 Å². The Morgan fingerprint density at radius 3 is 2.48 bits per heavy atom. The van der Waals surface area contributed by atoms with Crippen LogP contribution in [0.25, 0.3) is 0 Å². The van der Waals surface area contributed by atoms with E-state index in [0.29, 0.717) is 25.2 Å². The predicted molar refractivity (Wildman–Crippen MR) is 107 cm³/mol. The number of nitrogens with zero attached hydrogens (tertiary/aromatic N) is 2. The normalized spacial score (nSPS) is 14.6. The van der Waals surface area contributed by atoms with Crippen molar-refractivity contribution in [3.8, 4) is 5.75 Å². The van der Waals surface area contributed by atoms with Crippen molar-refractivity contribution in [3.05, 3.63) is 46.7 Å². The minimum atomic E-state index is -0.0921. The molecule has 27 heavy (non-hydrogen) atoms. The molecular weight excluding hydrogens is 364 g/mol. The molecular formula is C19H24N4O3S. The van der Waals surface area contributed by atoms with Gasteiger partial charge in [-0.2, -0.15) is 11.3 Å². The van der Waals surface area contributed by atoms with Crippen LogP contribution < -0.4 is 15.4 Å². The van der Waals surface area contributed by atoms with Gasteiger partial charge in [-0.15, -0.1) is 0 Å². The third-order valence-electron chi connectivity index (χ3n) is 4.50. The van der Waals surface area contributed by atoms with E-state index < -0.39 is 0 Å². The molecule has 0 radical (unpaired) electrons. The van der Waals surface area contributed by atoms with Gasteiger partial charge in [0.15, 0.2) is 0 Å². The lowest BCUT2D eigenvalue weighted by molar-refractivity contribution is 0.0943. The van der Waals surface area contributed by atoms with E-state index in [2.05, 4.69) is 15.5 Å². The van der Waals surface area contributed by atoms with Crippen LogP contribution in [0.15, 0.2) is 41.1 Å². The first-order valence-corrected chi connectivity index (χ1v) is 9.83. The van der Waals surface area contributed by atoms with Crippen molar-refractivity contribution < 1.29 is 14.3 Å².